The third kappa shape index (κ3) is 3.61. The third-order valence-corrected chi connectivity index (χ3v) is 2.72. The second-order valence-electron chi connectivity index (χ2n) is 3.98. The monoisotopic (exact) mass is 261 g/mol. The van der Waals surface area contributed by atoms with E-state index in [1.807, 2.05) is 24.3 Å². The van der Waals surface area contributed by atoms with Crippen LogP contribution in [0.5, 0.6) is 5.75 Å². The Kier molecular flexibility index (Phi) is 4.08. The summed E-state index contributed by atoms with van der Waals surface area (Å²) in [5.74, 6) is 0.790. The van der Waals surface area contributed by atoms with Gasteiger partial charge in [-0.2, -0.15) is 0 Å². The molecule has 18 heavy (non-hydrogen) atoms. The molecule has 1 N–H and O–H groups in total. The van der Waals surface area contributed by atoms with E-state index >= 15 is 0 Å². The lowest BCUT2D eigenvalue weighted by molar-refractivity contribution is -0.323. The van der Waals surface area contributed by atoms with Gasteiger partial charge >= 0.3 is 6.36 Å². The maximum Gasteiger partial charge on any atom is 0.522 e. The van der Waals surface area contributed by atoms with Crippen LogP contribution in [-0.2, 0) is 4.74 Å². The zero-order chi connectivity index (χ0) is 13.0. The minimum Gasteiger partial charge on any atom is -0.493 e. The Labute approximate surface area is 103 Å². The van der Waals surface area contributed by atoms with E-state index in [0.717, 1.165) is 17.7 Å². The van der Waals surface area contributed by atoms with Crippen LogP contribution < -0.4 is 10.1 Å². The highest BCUT2D eigenvalue weighted by Gasteiger charge is 2.29. The summed E-state index contributed by atoms with van der Waals surface area (Å²) in [6.07, 6.45) is -3.82. The van der Waals surface area contributed by atoms with E-state index in [-0.39, 0.29) is 19.2 Å². The largest absolute Gasteiger partial charge is 0.522 e. The summed E-state index contributed by atoms with van der Waals surface area (Å²) in [5.41, 5.74) is 0.982. The molecule has 1 unspecified atom stereocenters. The number of benzene rings is 1. The van der Waals surface area contributed by atoms with Crippen molar-refractivity contribution in [3.8, 4) is 5.75 Å². The summed E-state index contributed by atoms with van der Waals surface area (Å²) in [5, 5.41) is 3.05. The second kappa shape index (κ2) is 5.58. The lowest BCUT2D eigenvalue weighted by Gasteiger charge is -2.26. The third-order valence-electron chi connectivity index (χ3n) is 2.72. The van der Waals surface area contributed by atoms with Crippen molar-refractivity contribution in [1.29, 1.82) is 0 Å². The first-order chi connectivity index (χ1) is 8.56. The minimum absolute atomic E-state index is 0.0202. The quantitative estimate of drug-likeness (QED) is 0.845. The van der Waals surface area contributed by atoms with E-state index in [2.05, 4.69) is 10.1 Å². The SMILES string of the molecule is FC(F)(F)OCCNC1CCOc2ccccc21. The van der Waals surface area contributed by atoms with Crippen LogP contribution in [0.1, 0.15) is 18.0 Å². The van der Waals surface area contributed by atoms with Gasteiger partial charge in [-0.1, -0.05) is 18.2 Å². The number of nitrogens with one attached hydrogen (secondary N) is 1. The molecule has 6 heteroatoms. The summed E-state index contributed by atoms with van der Waals surface area (Å²) in [4.78, 5) is 0. The summed E-state index contributed by atoms with van der Waals surface area (Å²) in [7, 11) is 0. The molecule has 0 aliphatic carbocycles. The first-order valence-electron chi connectivity index (χ1n) is 5.72. The Morgan fingerprint density at radius 3 is 2.89 bits per heavy atom. The van der Waals surface area contributed by atoms with Gasteiger partial charge in [0, 0.05) is 24.6 Å². The average molecular weight is 261 g/mol. The van der Waals surface area contributed by atoms with E-state index in [9.17, 15) is 13.2 Å². The highest BCUT2D eigenvalue weighted by Crippen LogP contribution is 2.31. The number of hydrogen-bond donors (Lipinski definition) is 1. The fourth-order valence-corrected chi connectivity index (χ4v) is 1.95. The van der Waals surface area contributed by atoms with Gasteiger partial charge < -0.3 is 10.1 Å². The van der Waals surface area contributed by atoms with Crippen LogP contribution in [0.15, 0.2) is 24.3 Å². The van der Waals surface area contributed by atoms with Crippen molar-refractivity contribution < 1.29 is 22.6 Å². The van der Waals surface area contributed by atoms with Gasteiger partial charge in [-0.15, -0.1) is 13.2 Å². The number of hydrogen-bond acceptors (Lipinski definition) is 3. The van der Waals surface area contributed by atoms with Crippen LogP contribution in [0.2, 0.25) is 0 Å². The van der Waals surface area contributed by atoms with Gasteiger partial charge in [0.1, 0.15) is 5.75 Å². The summed E-state index contributed by atoms with van der Waals surface area (Å²) >= 11 is 0. The molecule has 1 aromatic rings. The average Bonchev–Trinajstić information content (AvgIpc) is 2.33. The fraction of sp³-hybridized carbons (Fsp3) is 0.500. The molecule has 0 saturated carbocycles. The first kappa shape index (κ1) is 13.2. The van der Waals surface area contributed by atoms with Crippen LogP contribution in [0, 0.1) is 0 Å². The number of para-hydroxylation sites is 1. The standard InChI is InChI=1S/C12H14F3NO2/c13-12(14,15)18-8-6-16-10-5-7-17-11-4-2-1-3-9(10)11/h1-4,10,16H,5-8H2. The van der Waals surface area contributed by atoms with Crippen molar-refractivity contribution in [2.45, 2.75) is 18.8 Å². The normalized spacial score (nSPS) is 19.2. The molecule has 0 radical (unpaired) electrons. The van der Waals surface area contributed by atoms with Crippen molar-refractivity contribution in [2.24, 2.45) is 0 Å². The number of ether oxygens (including phenoxy) is 2. The Morgan fingerprint density at radius 1 is 1.33 bits per heavy atom. The van der Waals surface area contributed by atoms with Gasteiger partial charge in [0.25, 0.3) is 0 Å². The number of alkyl halides is 3. The molecule has 0 bridgehead atoms. The molecule has 0 spiro atoms. The van der Waals surface area contributed by atoms with Gasteiger partial charge in [-0.25, -0.2) is 0 Å². The van der Waals surface area contributed by atoms with Gasteiger partial charge in [-0.3, -0.25) is 4.74 Å². The molecule has 1 aliphatic rings. The lowest BCUT2D eigenvalue weighted by Crippen LogP contribution is -2.31. The van der Waals surface area contributed by atoms with Crippen LogP contribution >= 0.6 is 0 Å². The first-order valence-corrected chi connectivity index (χ1v) is 5.72. The summed E-state index contributed by atoms with van der Waals surface area (Å²) < 4.78 is 44.5. The zero-order valence-electron chi connectivity index (χ0n) is 9.67. The molecule has 100 valence electrons. The molecule has 2 rings (SSSR count). The molecule has 3 nitrogen and oxygen atoms in total. The van der Waals surface area contributed by atoms with Crippen molar-refractivity contribution in [2.75, 3.05) is 19.8 Å². The van der Waals surface area contributed by atoms with Crippen LogP contribution in [-0.4, -0.2) is 26.1 Å². The zero-order valence-corrected chi connectivity index (χ0v) is 9.67. The van der Waals surface area contributed by atoms with Crippen molar-refractivity contribution >= 4 is 0 Å². The topological polar surface area (TPSA) is 30.5 Å². The Bertz CT molecular complexity index is 395. The van der Waals surface area contributed by atoms with Gasteiger partial charge in [-0.05, 0) is 6.07 Å². The maximum atomic E-state index is 11.8. The van der Waals surface area contributed by atoms with E-state index in [1.54, 1.807) is 0 Å². The predicted octanol–water partition coefficient (Wildman–Crippen LogP) is 2.64. The highest BCUT2D eigenvalue weighted by molar-refractivity contribution is 5.37. The van der Waals surface area contributed by atoms with Crippen LogP contribution in [0.4, 0.5) is 13.2 Å². The maximum absolute atomic E-state index is 11.8. The number of rotatable bonds is 4. The van der Waals surface area contributed by atoms with Crippen LogP contribution in [0.3, 0.4) is 0 Å². The lowest BCUT2D eigenvalue weighted by atomic mass is 10.0. The molecule has 0 fully saturated rings. The van der Waals surface area contributed by atoms with E-state index in [4.69, 9.17) is 4.74 Å². The second-order valence-corrected chi connectivity index (χ2v) is 3.98. The molecule has 1 heterocycles. The highest BCUT2D eigenvalue weighted by atomic mass is 19.4. The van der Waals surface area contributed by atoms with Crippen molar-refractivity contribution in [3.63, 3.8) is 0 Å². The fourth-order valence-electron chi connectivity index (χ4n) is 1.95. The Hall–Kier alpha value is -1.27. The molecule has 0 aromatic heterocycles. The molecule has 1 aromatic carbocycles. The van der Waals surface area contributed by atoms with Crippen molar-refractivity contribution in [3.05, 3.63) is 29.8 Å². The molecule has 0 amide bonds. The Morgan fingerprint density at radius 2 is 2.11 bits per heavy atom. The Balaban J connectivity index is 1.84. The number of fused-ring (bicyclic) bond motifs is 1. The van der Waals surface area contributed by atoms with E-state index < -0.39 is 6.36 Å². The van der Waals surface area contributed by atoms with E-state index in [1.165, 1.54) is 0 Å². The molecule has 1 atom stereocenters. The van der Waals surface area contributed by atoms with Crippen molar-refractivity contribution in [1.82, 2.24) is 5.32 Å². The minimum atomic E-state index is -4.56. The number of halogens is 3. The van der Waals surface area contributed by atoms with Crippen LogP contribution in [0.25, 0.3) is 0 Å². The van der Waals surface area contributed by atoms with Gasteiger partial charge in [0.15, 0.2) is 0 Å². The molecule has 0 saturated heterocycles. The predicted molar refractivity (Wildman–Crippen MR) is 59.3 cm³/mol. The smallest absolute Gasteiger partial charge is 0.493 e. The van der Waals surface area contributed by atoms with Gasteiger partial charge in [0.2, 0.25) is 0 Å². The summed E-state index contributed by atoms with van der Waals surface area (Å²) in [6.45, 7) is 0.330. The van der Waals surface area contributed by atoms with E-state index in [0.29, 0.717) is 6.61 Å². The molecular weight excluding hydrogens is 247 g/mol. The molecule has 1 aliphatic heterocycles. The van der Waals surface area contributed by atoms with Gasteiger partial charge in [0.05, 0.1) is 13.2 Å². The summed E-state index contributed by atoms with van der Waals surface area (Å²) in [6, 6.07) is 7.54. The molecular formula is C12H14F3NO2.